The number of hydrogen-bond acceptors (Lipinski definition) is 3. The Kier molecular flexibility index (Phi) is 2.95. The Balaban J connectivity index is 2.95. The van der Waals surface area contributed by atoms with Gasteiger partial charge in [-0.25, -0.2) is 0 Å². The van der Waals surface area contributed by atoms with Gasteiger partial charge >= 0.3 is 6.18 Å². The molecule has 1 aromatic heterocycles. The van der Waals surface area contributed by atoms with E-state index in [-0.39, 0.29) is 5.69 Å². The highest BCUT2D eigenvalue weighted by Gasteiger charge is 2.38. The molecule has 0 aliphatic rings. The minimum atomic E-state index is -4.49. The Hall–Kier alpha value is -1.30. The first kappa shape index (κ1) is 10.8. The first-order valence-corrected chi connectivity index (χ1v) is 3.77. The van der Waals surface area contributed by atoms with Crippen molar-refractivity contribution in [2.45, 2.75) is 12.2 Å². The van der Waals surface area contributed by atoms with Gasteiger partial charge < -0.3 is 10.5 Å². The van der Waals surface area contributed by atoms with E-state index in [1.165, 1.54) is 19.4 Å². The molecule has 1 heterocycles. The maximum Gasteiger partial charge on any atom is 0.409 e. The molecule has 0 spiro atoms. The molecule has 1 rings (SSSR count). The Morgan fingerprint density at radius 2 is 2.14 bits per heavy atom. The smallest absolute Gasteiger partial charge is 0.409 e. The molecule has 0 aliphatic carbocycles. The molecule has 1 atom stereocenters. The molecule has 0 amide bonds. The maximum atomic E-state index is 12.2. The van der Waals surface area contributed by atoms with Gasteiger partial charge in [0.2, 0.25) is 0 Å². The number of nitrogens with zero attached hydrogens (tertiary/aromatic N) is 1. The van der Waals surface area contributed by atoms with Crippen molar-refractivity contribution in [3.05, 3.63) is 24.0 Å². The summed E-state index contributed by atoms with van der Waals surface area (Å²) >= 11 is 0. The van der Waals surface area contributed by atoms with Crippen LogP contribution >= 0.6 is 0 Å². The van der Waals surface area contributed by atoms with Gasteiger partial charge in [0.25, 0.3) is 0 Å². The maximum absolute atomic E-state index is 12.2. The van der Waals surface area contributed by atoms with Crippen LogP contribution in [0.5, 0.6) is 5.75 Å². The van der Waals surface area contributed by atoms with Gasteiger partial charge in [0.05, 0.1) is 12.8 Å². The van der Waals surface area contributed by atoms with Crippen LogP contribution in [-0.4, -0.2) is 18.3 Å². The van der Waals surface area contributed by atoms with Crippen LogP contribution in [-0.2, 0) is 0 Å². The Morgan fingerprint density at radius 1 is 1.50 bits per heavy atom. The number of hydrogen-bond donors (Lipinski definition) is 1. The molecule has 0 unspecified atom stereocenters. The highest BCUT2D eigenvalue weighted by molar-refractivity contribution is 5.24. The van der Waals surface area contributed by atoms with Crippen molar-refractivity contribution in [3.63, 3.8) is 0 Å². The molecule has 3 nitrogen and oxygen atoms in total. The van der Waals surface area contributed by atoms with E-state index in [4.69, 9.17) is 10.5 Å². The summed E-state index contributed by atoms with van der Waals surface area (Å²) in [7, 11) is 1.36. The van der Waals surface area contributed by atoms with Gasteiger partial charge in [-0.15, -0.1) is 0 Å². The molecule has 0 saturated carbocycles. The summed E-state index contributed by atoms with van der Waals surface area (Å²) in [5.41, 5.74) is 4.70. The van der Waals surface area contributed by atoms with Crippen LogP contribution in [0.1, 0.15) is 11.7 Å². The molecule has 0 aromatic carbocycles. The Morgan fingerprint density at radius 3 is 2.64 bits per heavy atom. The van der Waals surface area contributed by atoms with Gasteiger partial charge in [-0.3, -0.25) is 4.98 Å². The van der Waals surface area contributed by atoms with Gasteiger partial charge in [-0.2, -0.15) is 13.2 Å². The summed E-state index contributed by atoms with van der Waals surface area (Å²) in [6.45, 7) is 0. The molecule has 6 heteroatoms. The van der Waals surface area contributed by atoms with Gasteiger partial charge in [0.15, 0.2) is 0 Å². The highest BCUT2D eigenvalue weighted by Crippen LogP contribution is 2.30. The van der Waals surface area contributed by atoms with Crippen LogP contribution < -0.4 is 10.5 Å². The number of alkyl halides is 3. The van der Waals surface area contributed by atoms with Crippen LogP contribution in [0.4, 0.5) is 13.2 Å². The van der Waals surface area contributed by atoms with Crippen molar-refractivity contribution in [2.75, 3.05) is 7.11 Å². The second kappa shape index (κ2) is 3.83. The minimum absolute atomic E-state index is 0.253. The van der Waals surface area contributed by atoms with Gasteiger partial charge in [-0.1, -0.05) is 0 Å². The fourth-order valence-corrected chi connectivity index (χ4v) is 0.893. The van der Waals surface area contributed by atoms with Crippen molar-refractivity contribution < 1.29 is 17.9 Å². The molecule has 78 valence electrons. The molecule has 0 fully saturated rings. The van der Waals surface area contributed by atoms with E-state index < -0.39 is 12.2 Å². The molecular weight excluding hydrogens is 197 g/mol. The van der Waals surface area contributed by atoms with E-state index in [0.717, 1.165) is 6.07 Å². The molecular formula is C8H9F3N2O. The summed E-state index contributed by atoms with van der Waals surface area (Å²) in [6, 6.07) is 0.544. The number of rotatable bonds is 2. The van der Waals surface area contributed by atoms with Crippen LogP contribution in [0.2, 0.25) is 0 Å². The number of nitrogens with two attached hydrogens (primary N) is 1. The summed E-state index contributed by atoms with van der Waals surface area (Å²) in [5, 5.41) is 0. The largest absolute Gasteiger partial charge is 0.497 e. The third-order valence-corrected chi connectivity index (χ3v) is 1.66. The lowest BCUT2D eigenvalue weighted by Crippen LogP contribution is -2.29. The van der Waals surface area contributed by atoms with Crippen LogP contribution in [0.3, 0.4) is 0 Å². The zero-order valence-corrected chi connectivity index (χ0v) is 7.38. The molecule has 0 aliphatic heterocycles. The predicted octanol–water partition coefficient (Wildman–Crippen LogP) is 1.65. The topological polar surface area (TPSA) is 48.1 Å². The average molecular weight is 206 g/mol. The van der Waals surface area contributed by atoms with Crippen LogP contribution in [0.15, 0.2) is 18.3 Å². The average Bonchev–Trinajstić information content (AvgIpc) is 2.15. The first-order chi connectivity index (χ1) is 6.45. The predicted molar refractivity (Wildman–Crippen MR) is 43.8 cm³/mol. The van der Waals surface area contributed by atoms with Crippen molar-refractivity contribution >= 4 is 0 Å². The van der Waals surface area contributed by atoms with E-state index in [1.807, 2.05) is 0 Å². The molecule has 0 bridgehead atoms. The number of aromatic nitrogens is 1. The SMILES string of the molecule is COc1ccnc([C@@H](N)C(F)(F)F)c1. The molecule has 14 heavy (non-hydrogen) atoms. The summed E-state index contributed by atoms with van der Waals surface area (Å²) in [4.78, 5) is 3.53. The zero-order valence-electron chi connectivity index (χ0n) is 7.38. The van der Waals surface area contributed by atoms with E-state index >= 15 is 0 Å². The lowest BCUT2D eigenvalue weighted by atomic mass is 10.2. The molecule has 2 N–H and O–H groups in total. The molecule has 0 saturated heterocycles. The van der Waals surface area contributed by atoms with Crippen LogP contribution in [0, 0.1) is 0 Å². The lowest BCUT2D eigenvalue weighted by molar-refractivity contribution is -0.150. The quantitative estimate of drug-likeness (QED) is 0.800. The number of ether oxygens (including phenoxy) is 1. The Bertz CT molecular complexity index is 314. The molecule has 1 aromatic rings. The molecule has 0 radical (unpaired) electrons. The zero-order chi connectivity index (χ0) is 10.8. The second-order valence-corrected chi connectivity index (χ2v) is 2.64. The van der Waals surface area contributed by atoms with E-state index in [0.29, 0.717) is 5.75 Å². The lowest BCUT2D eigenvalue weighted by Gasteiger charge is -2.15. The minimum Gasteiger partial charge on any atom is -0.497 e. The number of halogens is 3. The first-order valence-electron chi connectivity index (χ1n) is 3.77. The Labute approximate surface area is 78.7 Å². The van der Waals surface area contributed by atoms with E-state index in [9.17, 15) is 13.2 Å². The van der Waals surface area contributed by atoms with Crippen molar-refractivity contribution in [1.29, 1.82) is 0 Å². The van der Waals surface area contributed by atoms with E-state index in [1.54, 1.807) is 0 Å². The van der Waals surface area contributed by atoms with Gasteiger partial charge in [0.1, 0.15) is 11.8 Å². The van der Waals surface area contributed by atoms with Crippen molar-refractivity contribution in [1.82, 2.24) is 4.98 Å². The van der Waals surface area contributed by atoms with E-state index in [2.05, 4.69) is 4.98 Å². The normalized spacial score (nSPS) is 13.8. The summed E-state index contributed by atoms with van der Waals surface area (Å²) in [5.74, 6) is 0.301. The van der Waals surface area contributed by atoms with Crippen LogP contribution in [0.25, 0.3) is 0 Å². The third kappa shape index (κ3) is 2.35. The summed E-state index contributed by atoms with van der Waals surface area (Å²) in [6.07, 6.45) is -3.26. The van der Waals surface area contributed by atoms with Crippen molar-refractivity contribution in [2.24, 2.45) is 5.73 Å². The van der Waals surface area contributed by atoms with Crippen molar-refractivity contribution in [3.8, 4) is 5.75 Å². The summed E-state index contributed by atoms with van der Waals surface area (Å²) < 4.78 is 41.2. The second-order valence-electron chi connectivity index (χ2n) is 2.64. The third-order valence-electron chi connectivity index (χ3n) is 1.66. The number of pyridine rings is 1. The monoisotopic (exact) mass is 206 g/mol. The van der Waals surface area contributed by atoms with Gasteiger partial charge in [0, 0.05) is 12.3 Å². The fourth-order valence-electron chi connectivity index (χ4n) is 0.893. The fraction of sp³-hybridized carbons (Fsp3) is 0.375. The number of methoxy groups -OCH3 is 1. The van der Waals surface area contributed by atoms with Gasteiger partial charge in [-0.05, 0) is 6.07 Å². The highest BCUT2D eigenvalue weighted by atomic mass is 19.4. The standard InChI is InChI=1S/C8H9F3N2O/c1-14-5-2-3-13-6(4-5)7(12)8(9,10)11/h2-4,7H,12H2,1H3/t7-/m1/s1.